The highest BCUT2D eigenvalue weighted by molar-refractivity contribution is 5.92. The molecule has 6 nitrogen and oxygen atoms in total. The highest BCUT2D eigenvalue weighted by atomic mass is 19.4. The Balaban J connectivity index is 1.76. The van der Waals surface area contributed by atoms with Gasteiger partial charge in [0, 0.05) is 18.7 Å². The minimum atomic E-state index is -4.40. The van der Waals surface area contributed by atoms with Gasteiger partial charge in [-0.15, -0.1) is 0 Å². The van der Waals surface area contributed by atoms with Crippen molar-refractivity contribution in [3.63, 3.8) is 0 Å². The van der Waals surface area contributed by atoms with Crippen molar-refractivity contribution >= 4 is 11.9 Å². The van der Waals surface area contributed by atoms with Crippen molar-refractivity contribution in [3.8, 4) is 0 Å². The Kier molecular flexibility index (Phi) is 7.17. The van der Waals surface area contributed by atoms with Gasteiger partial charge in [-0.2, -0.15) is 13.2 Å². The van der Waals surface area contributed by atoms with E-state index in [-0.39, 0.29) is 0 Å². The van der Waals surface area contributed by atoms with Gasteiger partial charge in [0.25, 0.3) is 0 Å². The summed E-state index contributed by atoms with van der Waals surface area (Å²) in [6.07, 6.45) is -4.90. The number of primary amides is 1. The predicted octanol–water partition coefficient (Wildman–Crippen LogP) is 3.34. The SMILES string of the molecule is CCNC(=NCc1cccc(C(N)=O)c1)N1CCOC(c2cccc(C(F)(F)F)c2)C1. The molecule has 9 heteroatoms. The molecule has 166 valence electrons. The number of nitrogens with zero attached hydrogens (tertiary/aromatic N) is 2. The van der Waals surface area contributed by atoms with Gasteiger partial charge in [0.1, 0.15) is 6.10 Å². The second-order valence-corrected chi connectivity index (χ2v) is 7.16. The van der Waals surface area contributed by atoms with Crippen molar-refractivity contribution in [3.05, 3.63) is 70.8 Å². The number of nitrogens with one attached hydrogen (secondary N) is 1. The van der Waals surface area contributed by atoms with Gasteiger partial charge in [-0.3, -0.25) is 4.79 Å². The fourth-order valence-corrected chi connectivity index (χ4v) is 3.37. The number of ether oxygens (including phenoxy) is 1. The van der Waals surface area contributed by atoms with Crippen LogP contribution >= 0.6 is 0 Å². The number of aliphatic imine (C=N–C) groups is 1. The van der Waals surface area contributed by atoms with Gasteiger partial charge in [-0.05, 0) is 42.3 Å². The Labute approximate surface area is 178 Å². The van der Waals surface area contributed by atoms with E-state index in [9.17, 15) is 18.0 Å². The van der Waals surface area contributed by atoms with E-state index < -0.39 is 23.8 Å². The number of rotatable bonds is 5. The Morgan fingerprint density at radius 1 is 1.26 bits per heavy atom. The third-order valence-corrected chi connectivity index (χ3v) is 4.91. The first kappa shape index (κ1) is 22.6. The van der Waals surface area contributed by atoms with E-state index >= 15 is 0 Å². The molecule has 1 aliphatic rings. The number of guanidine groups is 1. The number of hydrogen-bond donors (Lipinski definition) is 2. The average molecular weight is 434 g/mol. The van der Waals surface area contributed by atoms with Crippen LogP contribution in [0.3, 0.4) is 0 Å². The van der Waals surface area contributed by atoms with E-state index in [4.69, 9.17) is 10.5 Å². The van der Waals surface area contributed by atoms with Crippen LogP contribution in [-0.2, 0) is 17.5 Å². The number of hydrogen-bond acceptors (Lipinski definition) is 3. The molecule has 1 saturated heterocycles. The summed E-state index contributed by atoms with van der Waals surface area (Å²) >= 11 is 0. The monoisotopic (exact) mass is 434 g/mol. The molecule has 0 aromatic heterocycles. The molecule has 3 rings (SSSR count). The molecule has 0 spiro atoms. The summed E-state index contributed by atoms with van der Waals surface area (Å²) in [7, 11) is 0. The summed E-state index contributed by atoms with van der Waals surface area (Å²) in [6, 6.07) is 12.2. The van der Waals surface area contributed by atoms with Gasteiger partial charge in [0.2, 0.25) is 5.91 Å². The molecule has 1 atom stereocenters. The number of halogens is 3. The maximum atomic E-state index is 13.1. The van der Waals surface area contributed by atoms with Crippen molar-refractivity contribution in [2.45, 2.75) is 25.7 Å². The minimum Gasteiger partial charge on any atom is -0.370 e. The molecule has 2 aromatic carbocycles. The lowest BCUT2D eigenvalue weighted by Gasteiger charge is -2.35. The van der Waals surface area contributed by atoms with Crippen molar-refractivity contribution in [1.29, 1.82) is 0 Å². The molecule has 1 fully saturated rings. The molecule has 3 N–H and O–H groups in total. The molecule has 31 heavy (non-hydrogen) atoms. The van der Waals surface area contributed by atoms with Gasteiger partial charge >= 0.3 is 6.18 Å². The number of morpholine rings is 1. The molecule has 0 bridgehead atoms. The fraction of sp³-hybridized carbons (Fsp3) is 0.364. The average Bonchev–Trinajstić information content (AvgIpc) is 2.76. The summed E-state index contributed by atoms with van der Waals surface area (Å²) in [4.78, 5) is 18.0. The molecule has 0 radical (unpaired) electrons. The second kappa shape index (κ2) is 9.82. The van der Waals surface area contributed by atoms with Gasteiger partial charge in [-0.25, -0.2) is 4.99 Å². The van der Waals surface area contributed by atoms with E-state index in [0.29, 0.717) is 49.9 Å². The van der Waals surface area contributed by atoms with Crippen LogP contribution in [0.5, 0.6) is 0 Å². The zero-order chi connectivity index (χ0) is 22.4. The Morgan fingerprint density at radius 3 is 2.74 bits per heavy atom. The lowest BCUT2D eigenvalue weighted by molar-refractivity contribution is -0.137. The van der Waals surface area contributed by atoms with Crippen LogP contribution in [0.4, 0.5) is 13.2 Å². The summed E-state index contributed by atoms with van der Waals surface area (Å²) in [5.74, 6) is 0.127. The highest BCUT2D eigenvalue weighted by Gasteiger charge is 2.32. The zero-order valence-electron chi connectivity index (χ0n) is 17.2. The van der Waals surface area contributed by atoms with E-state index in [1.807, 2.05) is 17.9 Å². The molecule has 1 heterocycles. The molecule has 2 aromatic rings. The maximum Gasteiger partial charge on any atom is 0.416 e. The summed E-state index contributed by atoms with van der Waals surface area (Å²) < 4.78 is 45.0. The Hall–Kier alpha value is -3.07. The van der Waals surface area contributed by atoms with Crippen molar-refractivity contribution in [1.82, 2.24) is 10.2 Å². The normalized spacial score (nSPS) is 17.5. The van der Waals surface area contributed by atoms with Crippen LogP contribution in [0, 0.1) is 0 Å². The van der Waals surface area contributed by atoms with Crippen LogP contribution in [0.15, 0.2) is 53.5 Å². The van der Waals surface area contributed by atoms with Gasteiger partial charge in [-0.1, -0.05) is 24.3 Å². The van der Waals surface area contributed by atoms with Gasteiger partial charge < -0.3 is 20.7 Å². The predicted molar refractivity (Wildman–Crippen MR) is 111 cm³/mol. The lowest BCUT2D eigenvalue weighted by atomic mass is 10.0. The summed E-state index contributed by atoms with van der Waals surface area (Å²) in [5, 5.41) is 3.22. The fourth-order valence-electron chi connectivity index (χ4n) is 3.37. The molecule has 0 aliphatic carbocycles. The maximum absolute atomic E-state index is 13.1. The second-order valence-electron chi connectivity index (χ2n) is 7.16. The van der Waals surface area contributed by atoms with Crippen LogP contribution in [0.2, 0.25) is 0 Å². The zero-order valence-corrected chi connectivity index (χ0v) is 17.2. The van der Waals surface area contributed by atoms with Crippen LogP contribution in [0.25, 0.3) is 0 Å². The van der Waals surface area contributed by atoms with Crippen molar-refractivity contribution in [2.24, 2.45) is 10.7 Å². The quantitative estimate of drug-likeness (QED) is 0.559. The highest BCUT2D eigenvalue weighted by Crippen LogP contribution is 2.32. The smallest absolute Gasteiger partial charge is 0.370 e. The van der Waals surface area contributed by atoms with Crippen molar-refractivity contribution < 1.29 is 22.7 Å². The summed E-state index contributed by atoms with van der Waals surface area (Å²) in [5.41, 5.74) is 6.35. The number of alkyl halides is 3. The topological polar surface area (TPSA) is 79.9 Å². The van der Waals surface area contributed by atoms with E-state index in [0.717, 1.165) is 17.7 Å². The number of carbonyl (C=O) groups is 1. The molecule has 1 unspecified atom stereocenters. The summed E-state index contributed by atoms with van der Waals surface area (Å²) in [6.45, 7) is 4.19. The molecule has 0 saturated carbocycles. The van der Waals surface area contributed by atoms with E-state index in [1.54, 1.807) is 24.3 Å². The number of amides is 1. The number of benzene rings is 2. The van der Waals surface area contributed by atoms with Crippen LogP contribution < -0.4 is 11.1 Å². The number of carbonyl (C=O) groups excluding carboxylic acids is 1. The largest absolute Gasteiger partial charge is 0.416 e. The lowest BCUT2D eigenvalue weighted by Crippen LogP contribution is -2.48. The first-order valence-electron chi connectivity index (χ1n) is 9.98. The standard InChI is InChI=1S/C22H25F3N4O2/c1-2-27-21(28-13-15-5-3-7-17(11-15)20(26)30)29-9-10-31-19(14-29)16-6-4-8-18(12-16)22(23,24)25/h3-8,11-12,19H,2,9-10,13-14H2,1H3,(H2,26,30)(H,27,28). The van der Waals surface area contributed by atoms with Crippen LogP contribution in [0.1, 0.15) is 40.1 Å². The number of nitrogens with two attached hydrogens (primary N) is 1. The van der Waals surface area contributed by atoms with Gasteiger partial charge in [0.05, 0.1) is 25.3 Å². The van der Waals surface area contributed by atoms with E-state index in [2.05, 4.69) is 10.3 Å². The Morgan fingerprint density at radius 2 is 2.03 bits per heavy atom. The first-order valence-corrected chi connectivity index (χ1v) is 9.98. The Bertz CT molecular complexity index is 946. The molecular formula is C22H25F3N4O2. The molecular weight excluding hydrogens is 409 g/mol. The van der Waals surface area contributed by atoms with Crippen molar-refractivity contribution in [2.75, 3.05) is 26.2 Å². The third kappa shape index (κ3) is 5.97. The van der Waals surface area contributed by atoms with Gasteiger partial charge in [0.15, 0.2) is 5.96 Å². The molecule has 1 aliphatic heterocycles. The first-order chi connectivity index (χ1) is 14.8. The third-order valence-electron chi connectivity index (χ3n) is 4.91. The molecule has 1 amide bonds. The minimum absolute atomic E-state index is 0.328. The van der Waals surface area contributed by atoms with E-state index in [1.165, 1.54) is 6.07 Å². The van der Waals surface area contributed by atoms with Crippen LogP contribution in [-0.4, -0.2) is 43.0 Å².